The molecule has 1 aliphatic heterocycles. The summed E-state index contributed by atoms with van der Waals surface area (Å²) in [5.74, 6) is 3.45. The van der Waals surface area contributed by atoms with E-state index < -0.39 is 0 Å². The van der Waals surface area contributed by atoms with Gasteiger partial charge in [0.25, 0.3) is 0 Å². The number of nitrogens with zero attached hydrogens (tertiary/aromatic N) is 3. The highest BCUT2D eigenvalue weighted by atomic mass is 16.7. The Bertz CT molecular complexity index is 805. The molecule has 164 valence electrons. The Morgan fingerprint density at radius 3 is 2.47 bits per heavy atom. The number of aromatic nitrogens is 3. The molecule has 0 saturated carbocycles. The van der Waals surface area contributed by atoms with Crippen molar-refractivity contribution in [2.75, 3.05) is 56.9 Å². The Hall–Kier alpha value is -2.69. The molecule has 0 fully saturated rings. The Kier molecular flexibility index (Phi) is 8.42. The van der Waals surface area contributed by atoms with Gasteiger partial charge in [-0.2, -0.15) is 15.0 Å². The molecule has 0 bridgehead atoms. The fraction of sp³-hybridized carbons (Fsp3) is 0.550. The van der Waals surface area contributed by atoms with Crippen molar-refractivity contribution in [3.05, 3.63) is 29.6 Å². The first-order valence-corrected chi connectivity index (χ1v) is 10.1. The lowest BCUT2D eigenvalue weighted by Gasteiger charge is -2.12. The normalized spacial score (nSPS) is 12.4. The highest BCUT2D eigenvalue weighted by Gasteiger charge is 2.14. The first kappa shape index (κ1) is 22.0. The van der Waals surface area contributed by atoms with Gasteiger partial charge in [0.15, 0.2) is 11.5 Å². The van der Waals surface area contributed by atoms with Crippen LogP contribution in [0.2, 0.25) is 0 Å². The molecule has 0 spiro atoms. The number of fused-ring (bicyclic) bond motifs is 1. The SMILES string of the molecule is CC(C)c1nc(NCCOCCOCCN)nc(NCc2ccc3c(c2)OCO3)n1. The lowest BCUT2D eigenvalue weighted by atomic mass is 10.2. The summed E-state index contributed by atoms with van der Waals surface area (Å²) in [4.78, 5) is 13.5. The van der Waals surface area contributed by atoms with Gasteiger partial charge in [-0.25, -0.2) is 0 Å². The Labute approximate surface area is 176 Å². The van der Waals surface area contributed by atoms with Crippen molar-refractivity contribution in [3.8, 4) is 11.5 Å². The molecule has 0 radical (unpaired) electrons. The van der Waals surface area contributed by atoms with Crippen molar-refractivity contribution in [2.45, 2.75) is 26.3 Å². The lowest BCUT2D eigenvalue weighted by molar-refractivity contribution is 0.0547. The molecule has 3 rings (SSSR count). The molecule has 10 nitrogen and oxygen atoms in total. The maximum Gasteiger partial charge on any atom is 0.231 e. The number of hydrogen-bond acceptors (Lipinski definition) is 10. The van der Waals surface area contributed by atoms with Gasteiger partial charge in [0.2, 0.25) is 18.7 Å². The molecule has 30 heavy (non-hydrogen) atoms. The average molecular weight is 418 g/mol. The van der Waals surface area contributed by atoms with Gasteiger partial charge >= 0.3 is 0 Å². The second-order valence-electron chi connectivity index (χ2n) is 6.98. The molecular formula is C20H30N6O4. The van der Waals surface area contributed by atoms with E-state index in [0.717, 1.165) is 22.9 Å². The van der Waals surface area contributed by atoms with E-state index in [2.05, 4.69) is 25.6 Å². The third kappa shape index (κ3) is 6.68. The molecule has 1 aliphatic rings. The van der Waals surface area contributed by atoms with Crippen LogP contribution >= 0.6 is 0 Å². The molecule has 10 heteroatoms. The van der Waals surface area contributed by atoms with Gasteiger partial charge in [0.05, 0.1) is 26.4 Å². The van der Waals surface area contributed by atoms with Crippen LogP contribution < -0.4 is 25.8 Å². The molecule has 0 unspecified atom stereocenters. The van der Waals surface area contributed by atoms with Crippen LogP contribution in [0.1, 0.15) is 31.2 Å². The summed E-state index contributed by atoms with van der Waals surface area (Å²) >= 11 is 0. The number of anilines is 2. The fourth-order valence-electron chi connectivity index (χ4n) is 2.68. The molecule has 2 heterocycles. The lowest BCUT2D eigenvalue weighted by Crippen LogP contribution is -2.17. The summed E-state index contributed by atoms with van der Waals surface area (Å²) in [6.07, 6.45) is 0. The van der Waals surface area contributed by atoms with E-state index in [1.807, 2.05) is 32.0 Å². The van der Waals surface area contributed by atoms with E-state index in [4.69, 9.17) is 24.7 Å². The van der Waals surface area contributed by atoms with Crippen molar-refractivity contribution in [1.29, 1.82) is 0 Å². The number of ether oxygens (including phenoxy) is 4. The van der Waals surface area contributed by atoms with E-state index in [-0.39, 0.29) is 12.7 Å². The Morgan fingerprint density at radius 2 is 1.70 bits per heavy atom. The van der Waals surface area contributed by atoms with Crippen molar-refractivity contribution >= 4 is 11.9 Å². The van der Waals surface area contributed by atoms with E-state index in [9.17, 15) is 0 Å². The molecule has 0 aliphatic carbocycles. The van der Waals surface area contributed by atoms with Crippen LogP contribution in [0, 0.1) is 0 Å². The van der Waals surface area contributed by atoms with Crippen LogP contribution in [0.25, 0.3) is 0 Å². The zero-order valence-electron chi connectivity index (χ0n) is 17.5. The molecule has 1 aromatic carbocycles. The number of hydrogen-bond donors (Lipinski definition) is 3. The summed E-state index contributed by atoms with van der Waals surface area (Å²) in [7, 11) is 0. The molecule has 0 saturated heterocycles. The highest BCUT2D eigenvalue weighted by Crippen LogP contribution is 2.32. The standard InChI is InChI=1S/C20H30N6O4/c1-14(2)18-24-19(22-6-8-28-10-9-27-7-5-21)26-20(25-18)23-12-15-3-4-16-17(11-15)30-13-29-16/h3-4,11,14H,5-10,12-13,21H2,1-2H3,(H2,22,23,24,25,26). The molecule has 0 atom stereocenters. The maximum absolute atomic E-state index is 5.51. The predicted molar refractivity (Wildman–Crippen MR) is 113 cm³/mol. The zero-order valence-corrected chi connectivity index (χ0v) is 17.5. The van der Waals surface area contributed by atoms with Gasteiger partial charge in [-0.15, -0.1) is 0 Å². The number of rotatable bonds is 13. The van der Waals surface area contributed by atoms with Crippen LogP contribution in [-0.4, -0.2) is 61.3 Å². The van der Waals surface area contributed by atoms with Crippen LogP contribution in [0.15, 0.2) is 18.2 Å². The van der Waals surface area contributed by atoms with E-state index >= 15 is 0 Å². The van der Waals surface area contributed by atoms with Crippen LogP contribution in [0.5, 0.6) is 11.5 Å². The van der Waals surface area contributed by atoms with Crippen molar-refractivity contribution < 1.29 is 18.9 Å². The van der Waals surface area contributed by atoms with Crippen molar-refractivity contribution in [3.63, 3.8) is 0 Å². The molecule has 4 N–H and O–H groups in total. The topological polar surface area (TPSA) is 126 Å². The number of nitrogens with two attached hydrogens (primary N) is 1. The summed E-state index contributed by atoms with van der Waals surface area (Å²) < 4.78 is 21.6. The van der Waals surface area contributed by atoms with Crippen molar-refractivity contribution in [2.24, 2.45) is 5.73 Å². The summed E-state index contributed by atoms with van der Waals surface area (Å²) in [5, 5.41) is 6.45. The monoisotopic (exact) mass is 418 g/mol. The second kappa shape index (κ2) is 11.5. The smallest absolute Gasteiger partial charge is 0.231 e. The summed E-state index contributed by atoms with van der Waals surface area (Å²) in [5.41, 5.74) is 6.41. The minimum atomic E-state index is 0.176. The van der Waals surface area contributed by atoms with Gasteiger partial charge in [0, 0.05) is 25.6 Å². The maximum atomic E-state index is 5.51. The number of benzene rings is 1. The quantitative estimate of drug-likeness (QED) is 0.414. The predicted octanol–water partition coefficient (Wildman–Crippen LogP) is 1.74. The van der Waals surface area contributed by atoms with E-state index in [0.29, 0.717) is 58.0 Å². The van der Waals surface area contributed by atoms with Gasteiger partial charge < -0.3 is 35.3 Å². The molecule has 0 amide bonds. The summed E-state index contributed by atoms with van der Waals surface area (Å²) in [6.45, 7) is 8.15. The third-order valence-electron chi connectivity index (χ3n) is 4.22. The van der Waals surface area contributed by atoms with Crippen LogP contribution in [0.4, 0.5) is 11.9 Å². The van der Waals surface area contributed by atoms with Gasteiger partial charge in [-0.05, 0) is 17.7 Å². The van der Waals surface area contributed by atoms with E-state index in [1.54, 1.807) is 0 Å². The van der Waals surface area contributed by atoms with Crippen molar-refractivity contribution in [1.82, 2.24) is 15.0 Å². The molecule has 2 aromatic rings. The largest absolute Gasteiger partial charge is 0.454 e. The van der Waals surface area contributed by atoms with Gasteiger partial charge in [-0.3, -0.25) is 0 Å². The Morgan fingerprint density at radius 1 is 0.967 bits per heavy atom. The summed E-state index contributed by atoms with van der Waals surface area (Å²) in [6, 6.07) is 5.84. The van der Waals surface area contributed by atoms with Crippen LogP contribution in [0.3, 0.4) is 0 Å². The first-order chi connectivity index (χ1) is 14.7. The second-order valence-corrected chi connectivity index (χ2v) is 6.98. The number of nitrogens with one attached hydrogen (secondary N) is 2. The fourth-order valence-corrected chi connectivity index (χ4v) is 2.68. The zero-order chi connectivity index (χ0) is 21.2. The van der Waals surface area contributed by atoms with Gasteiger partial charge in [0.1, 0.15) is 5.82 Å². The first-order valence-electron chi connectivity index (χ1n) is 10.1. The van der Waals surface area contributed by atoms with Gasteiger partial charge in [-0.1, -0.05) is 19.9 Å². The molecular weight excluding hydrogens is 388 g/mol. The minimum absolute atomic E-state index is 0.176. The highest BCUT2D eigenvalue weighted by molar-refractivity contribution is 5.45. The third-order valence-corrected chi connectivity index (χ3v) is 4.22. The van der Waals surface area contributed by atoms with Crippen LogP contribution in [-0.2, 0) is 16.0 Å². The molecule has 1 aromatic heterocycles. The Balaban J connectivity index is 1.51. The minimum Gasteiger partial charge on any atom is -0.454 e. The van der Waals surface area contributed by atoms with E-state index in [1.165, 1.54) is 0 Å². The average Bonchev–Trinajstić information content (AvgIpc) is 3.22.